The Balaban J connectivity index is 3.58. The molecule has 0 saturated carbocycles. The second-order valence-electron chi connectivity index (χ2n) is 1.98. The minimum absolute atomic E-state index is 0.230. The molecule has 0 aliphatic heterocycles. The summed E-state index contributed by atoms with van der Waals surface area (Å²) in [6.07, 6.45) is 2.16. The highest BCUT2D eigenvalue weighted by atomic mass is 16.5. The van der Waals surface area contributed by atoms with Crippen LogP contribution in [-0.2, 0) is 9.53 Å². The second kappa shape index (κ2) is 4.85. The summed E-state index contributed by atoms with van der Waals surface area (Å²) in [5, 5.41) is 8.33. The highest BCUT2D eigenvalue weighted by Gasteiger charge is 1.97. The van der Waals surface area contributed by atoms with Crippen molar-refractivity contribution in [3.05, 3.63) is 11.8 Å². The lowest BCUT2D eigenvalue weighted by molar-refractivity contribution is -0.132. The topological polar surface area (TPSA) is 46.5 Å². The van der Waals surface area contributed by atoms with Crippen LogP contribution < -0.4 is 0 Å². The Kier molecular flexibility index (Phi) is 4.37. The van der Waals surface area contributed by atoms with Crippen LogP contribution in [0.4, 0.5) is 0 Å². The zero-order valence-corrected chi connectivity index (χ0v) is 6.26. The summed E-state index contributed by atoms with van der Waals surface area (Å²) in [7, 11) is 0. The van der Waals surface area contributed by atoms with E-state index in [4.69, 9.17) is 9.84 Å². The number of aliphatic carboxylic acids is 1. The van der Waals surface area contributed by atoms with Gasteiger partial charge in [0.15, 0.2) is 0 Å². The van der Waals surface area contributed by atoms with Crippen LogP contribution in [0.25, 0.3) is 0 Å². The summed E-state index contributed by atoms with van der Waals surface area (Å²) in [5.41, 5.74) is 0.230. The van der Waals surface area contributed by atoms with Gasteiger partial charge < -0.3 is 9.84 Å². The number of carbonyl (C=O) groups is 1. The molecule has 0 heterocycles. The van der Waals surface area contributed by atoms with Gasteiger partial charge in [0.2, 0.25) is 0 Å². The van der Waals surface area contributed by atoms with Gasteiger partial charge >= 0.3 is 5.97 Å². The fourth-order valence-corrected chi connectivity index (χ4v) is 0.352. The predicted molar refractivity (Wildman–Crippen MR) is 37.6 cm³/mol. The zero-order chi connectivity index (χ0) is 7.98. The third kappa shape index (κ3) is 3.95. The second-order valence-corrected chi connectivity index (χ2v) is 1.98. The Morgan fingerprint density at radius 2 is 2.30 bits per heavy atom. The van der Waals surface area contributed by atoms with Gasteiger partial charge in [-0.1, -0.05) is 6.92 Å². The molecule has 3 nitrogen and oxygen atoms in total. The largest absolute Gasteiger partial charge is 0.501 e. The smallest absolute Gasteiger partial charge is 0.334 e. The van der Waals surface area contributed by atoms with E-state index in [1.165, 1.54) is 13.2 Å². The van der Waals surface area contributed by atoms with Crippen molar-refractivity contribution in [2.45, 2.75) is 20.3 Å². The van der Waals surface area contributed by atoms with Gasteiger partial charge in [0.25, 0.3) is 0 Å². The van der Waals surface area contributed by atoms with Gasteiger partial charge in [0, 0.05) is 0 Å². The molecule has 10 heavy (non-hydrogen) atoms. The van der Waals surface area contributed by atoms with Gasteiger partial charge in [-0.3, -0.25) is 0 Å². The Hall–Kier alpha value is -0.990. The van der Waals surface area contributed by atoms with Gasteiger partial charge in [-0.25, -0.2) is 4.79 Å². The number of hydrogen-bond acceptors (Lipinski definition) is 2. The average Bonchev–Trinajstić information content (AvgIpc) is 1.88. The van der Waals surface area contributed by atoms with Crippen molar-refractivity contribution in [1.82, 2.24) is 0 Å². The Morgan fingerprint density at radius 1 is 1.70 bits per heavy atom. The molecule has 0 aliphatic carbocycles. The summed E-state index contributed by atoms with van der Waals surface area (Å²) in [6, 6.07) is 0. The van der Waals surface area contributed by atoms with Crippen molar-refractivity contribution in [1.29, 1.82) is 0 Å². The minimum Gasteiger partial charge on any atom is -0.501 e. The van der Waals surface area contributed by atoms with Gasteiger partial charge in [-0.05, 0) is 13.3 Å². The molecule has 0 bridgehead atoms. The van der Waals surface area contributed by atoms with E-state index in [0.29, 0.717) is 6.61 Å². The molecule has 0 rings (SSSR count). The number of carboxylic acids is 1. The summed E-state index contributed by atoms with van der Waals surface area (Å²) in [5.74, 6) is -0.934. The lowest BCUT2D eigenvalue weighted by Gasteiger charge is -1.96. The normalized spacial score (nSPS) is 11.2. The molecule has 0 aromatic rings. The first-order valence-corrected chi connectivity index (χ1v) is 3.20. The third-order valence-electron chi connectivity index (χ3n) is 0.919. The number of ether oxygens (including phenoxy) is 1. The highest BCUT2D eigenvalue weighted by Crippen LogP contribution is 1.92. The van der Waals surface area contributed by atoms with Crippen molar-refractivity contribution >= 4 is 5.97 Å². The van der Waals surface area contributed by atoms with Gasteiger partial charge in [0.05, 0.1) is 18.4 Å². The minimum atomic E-state index is -0.934. The molecule has 1 N–H and O–H groups in total. The SMILES string of the molecule is CCCO/C=C(\C)C(=O)O. The fraction of sp³-hybridized carbons (Fsp3) is 0.571. The van der Waals surface area contributed by atoms with E-state index in [2.05, 4.69) is 0 Å². The third-order valence-corrected chi connectivity index (χ3v) is 0.919. The van der Waals surface area contributed by atoms with Crippen LogP contribution in [0.3, 0.4) is 0 Å². The molecule has 0 unspecified atom stereocenters. The van der Waals surface area contributed by atoms with E-state index in [9.17, 15) is 4.79 Å². The molecule has 0 aromatic heterocycles. The monoisotopic (exact) mass is 144 g/mol. The maximum Gasteiger partial charge on any atom is 0.334 e. The Bertz CT molecular complexity index is 138. The summed E-state index contributed by atoms with van der Waals surface area (Å²) in [4.78, 5) is 10.1. The summed E-state index contributed by atoms with van der Waals surface area (Å²) in [6.45, 7) is 4.03. The molecule has 0 fully saturated rings. The van der Waals surface area contributed by atoms with Crippen LogP contribution in [0.15, 0.2) is 11.8 Å². The molecular formula is C7H12O3. The van der Waals surface area contributed by atoms with E-state index < -0.39 is 5.97 Å². The van der Waals surface area contributed by atoms with Crippen molar-refractivity contribution in [2.75, 3.05) is 6.61 Å². The summed E-state index contributed by atoms with van der Waals surface area (Å²) >= 11 is 0. The van der Waals surface area contributed by atoms with Gasteiger partial charge in [-0.2, -0.15) is 0 Å². The van der Waals surface area contributed by atoms with Crippen LogP contribution in [-0.4, -0.2) is 17.7 Å². The average molecular weight is 144 g/mol. The van der Waals surface area contributed by atoms with Crippen LogP contribution >= 0.6 is 0 Å². The fourth-order valence-electron chi connectivity index (χ4n) is 0.352. The number of carboxylic acid groups (broad SMARTS) is 1. The molecule has 0 aromatic carbocycles. The molecule has 0 atom stereocenters. The molecule has 0 saturated heterocycles. The first-order valence-electron chi connectivity index (χ1n) is 3.20. The number of rotatable bonds is 4. The van der Waals surface area contributed by atoms with Crippen molar-refractivity contribution in [2.24, 2.45) is 0 Å². The van der Waals surface area contributed by atoms with E-state index in [0.717, 1.165) is 6.42 Å². The van der Waals surface area contributed by atoms with E-state index in [-0.39, 0.29) is 5.57 Å². The Labute approximate surface area is 60.3 Å². The van der Waals surface area contributed by atoms with E-state index in [1.807, 2.05) is 6.92 Å². The number of hydrogen-bond donors (Lipinski definition) is 1. The van der Waals surface area contributed by atoms with Crippen molar-refractivity contribution < 1.29 is 14.6 Å². The van der Waals surface area contributed by atoms with Crippen molar-refractivity contribution in [3.8, 4) is 0 Å². The maximum atomic E-state index is 10.1. The van der Waals surface area contributed by atoms with Crippen LogP contribution in [0.2, 0.25) is 0 Å². The molecule has 0 amide bonds. The molecule has 0 radical (unpaired) electrons. The van der Waals surface area contributed by atoms with Gasteiger partial charge in [0.1, 0.15) is 0 Å². The predicted octanol–water partition coefficient (Wildman–Crippen LogP) is 1.40. The first kappa shape index (κ1) is 9.01. The molecular weight excluding hydrogens is 132 g/mol. The first-order chi connectivity index (χ1) is 4.68. The van der Waals surface area contributed by atoms with Crippen LogP contribution in [0, 0.1) is 0 Å². The van der Waals surface area contributed by atoms with E-state index >= 15 is 0 Å². The maximum absolute atomic E-state index is 10.1. The lowest BCUT2D eigenvalue weighted by atomic mass is 10.3. The molecule has 58 valence electrons. The molecule has 0 aliphatic rings. The zero-order valence-electron chi connectivity index (χ0n) is 6.26. The highest BCUT2D eigenvalue weighted by molar-refractivity contribution is 5.85. The van der Waals surface area contributed by atoms with Gasteiger partial charge in [-0.15, -0.1) is 0 Å². The Morgan fingerprint density at radius 3 is 2.70 bits per heavy atom. The van der Waals surface area contributed by atoms with E-state index in [1.54, 1.807) is 0 Å². The van der Waals surface area contributed by atoms with Crippen LogP contribution in [0.1, 0.15) is 20.3 Å². The molecule has 0 spiro atoms. The molecule has 3 heteroatoms. The lowest BCUT2D eigenvalue weighted by Crippen LogP contribution is -1.97. The quantitative estimate of drug-likeness (QED) is 0.368. The van der Waals surface area contributed by atoms with Crippen LogP contribution in [0.5, 0.6) is 0 Å². The van der Waals surface area contributed by atoms with Crippen molar-refractivity contribution in [3.63, 3.8) is 0 Å². The standard InChI is InChI=1S/C7H12O3/c1-3-4-10-5-6(2)7(8)9/h5H,3-4H2,1-2H3,(H,8,9)/b6-5+. The summed E-state index contributed by atoms with van der Waals surface area (Å²) < 4.78 is 4.86.